The molecule has 0 bridgehead atoms. The van der Waals surface area contributed by atoms with Gasteiger partial charge in [-0.2, -0.15) is 0 Å². The molecule has 4 fully saturated rings. The van der Waals surface area contributed by atoms with E-state index in [0.29, 0.717) is 17.0 Å². The Kier molecular flexibility index (Phi) is 5.44. The Balaban J connectivity index is 1.07. The van der Waals surface area contributed by atoms with Gasteiger partial charge in [0.25, 0.3) is 0 Å². The van der Waals surface area contributed by atoms with Crippen molar-refractivity contribution in [1.82, 2.24) is 4.90 Å². The predicted octanol–water partition coefficient (Wildman–Crippen LogP) is 5.94. The number of ether oxygens (including phenoxy) is 1. The minimum Gasteiger partial charge on any atom is -0.465 e. The summed E-state index contributed by atoms with van der Waals surface area (Å²) in [7, 11) is 1.43. The molecule has 6 rings (SSSR count). The smallest absolute Gasteiger partial charge is 0.337 e. The SMILES string of the molecule is COC(=O)c1ccc(N2CCC3(CC2)CC(N2CCCC2c2ccccc2C2CC2)C3)cc1. The van der Waals surface area contributed by atoms with Crippen LogP contribution in [0.3, 0.4) is 0 Å². The second-order valence-corrected chi connectivity index (χ2v) is 10.9. The Morgan fingerprint density at radius 2 is 1.61 bits per heavy atom. The van der Waals surface area contributed by atoms with Crippen molar-refractivity contribution in [1.29, 1.82) is 0 Å². The van der Waals surface area contributed by atoms with Crippen molar-refractivity contribution in [2.45, 2.75) is 69.4 Å². The highest BCUT2D eigenvalue weighted by molar-refractivity contribution is 5.89. The number of esters is 1. The van der Waals surface area contributed by atoms with E-state index >= 15 is 0 Å². The minimum atomic E-state index is -0.264. The molecule has 2 aliphatic heterocycles. The fraction of sp³-hybridized carbons (Fsp3) is 0.552. The Morgan fingerprint density at radius 1 is 0.909 bits per heavy atom. The van der Waals surface area contributed by atoms with Crippen LogP contribution in [0.1, 0.15) is 84.8 Å². The van der Waals surface area contributed by atoms with Gasteiger partial charge in [-0.15, -0.1) is 0 Å². The minimum absolute atomic E-state index is 0.264. The zero-order valence-electron chi connectivity index (χ0n) is 19.8. The zero-order chi connectivity index (χ0) is 22.4. The van der Waals surface area contributed by atoms with Crippen molar-refractivity contribution in [3.63, 3.8) is 0 Å². The number of carbonyl (C=O) groups is 1. The molecule has 2 saturated heterocycles. The van der Waals surface area contributed by atoms with Crippen molar-refractivity contribution in [3.8, 4) is 0 Å². The van der Waals surface area contributed by atoms with Crippen LogP contribution in [0.2, 0.25) is 0 Å². The van der Waals surface area contributed by atoms with Gasteiger partial charge in [-0.1, -0.05) is 24.3 Å². The summed E-state index contributed by atoms with van der Waals surface area (Å²) in [5, 5.41) is 0. The molecule has 2 heterocycles. The maximum atomic E-state index is 11.7. The van der Waals surface area contributed by atoms with Gasteiger partial charge in [0.2, 0.25) is 0 Å². The number of benzene rings is 2. The van der Waals surface area contributed by atoms with Crippen LogP contribution in [0.25, 0.3) is 0 Å². The first-order valence-electron chi connectivity index (χ1n) is 12.9. The number of hydrogen-bond donors (Lipinski definition) is 0. The number of piperidine rings is 1. The third-order valence-corrected chi connectivity index (χ3v) is 8.95. The van der Waals surface area contributed by atoms with Crippen LogP contribution >= 0.6 is 0 Å². The molecule has 1 atom stereocenters. The molecule has 0 amide bonds. The number of likely N-dealkylation sites (tertiary alicyclic amines) is 1. The van der Waals surface area contributed by atoms with Gasteiger partial charge in [0.15, 0.2) is 0 Å². The highest BCUT2D eigenvalue weighted by atomic mass is 16.5. The zero-order valence-corrected chi connectivity index (χ0v) is 19.8. The van der Waals surface area contributed by atoms with Gasteiger partial charge >= 0.3 is 5.97 Å². The standard InChI is InChI=1S/C29H36N2O2/c1-33-28(32)22-10-12-23(13-11-22)30-17-14-29(15-18-30)19-24(20-29)31-16-4-7-27(31)26-6-3-2-5-25(26)21-8-9-21/h2-3,5-6,10-13,21,24,27H,4,7-9,14-20H2,1H3. The van der Waals surface area contributed by atoms with Gasteiger partial charge < -0.3 is 9.64 Å². The largest absolute Gasteiger partial charge is 0.465 e. The van der Waals surface area contributed by atoms with E-state index in [4.69, 9.17) is 4.74 Å². The normalized spacial score (nSPS) is 25.2. The second kappa shape index (κ2) is 8.47. The van der Waals surface area contributed by atoms with Crippen molar-refractivity contribution < 1.29 is 9.53 Å². The van der Waals surface area contributed by atoms with Crippen LogP contribution in [-0.4, -0.2) is 43.7 Å². The summed E-state index contributed by atoms with van der Waals surface area (Å²) in [6.07, 6.45) is 10.8. The molecule has 174 valence electrons. The van der Waals surface area contributed by atoms with Gasteiger partial charge in [-0.25, -0.2) is 4.79 Å². The molecular weight excluding hydrogens is 408 g/mol. The first-order chi connectivity index (χ1) is 16.2. The van der Waals surface area contributed by atoms with E-state index in [9.17, 15) is 4.79 Å². The topological polar surface area (TPSA) is 32.8 Å². The van der Waals surface area contributed by atoms with Gasteiger partial charge in [-0.05, 0) is 105 Å². The quantitative estimate of drug-likeness (QED) is 0.535. The molecule has 4 nitrogen and oxygen atoms in total. The number of nitrogens with zero attached hydrogens (tertiary/aromatic N) is 2. The van der Waals surface area contributed by atoms with Crippen LogP contribution < -0.4 is 4.90 Å². The maximum Gasteiger partial charge on any atom is 0.337 e. The highest BCUT2D eigenvalue weighted by Gasteiger charge is 2.50. The Hall–Kier alpha value is -2.33. The molecule has 0 N–H and O–H groups in total. The molecular formula is C29H36N2O2. The molecule has 2 aromatic carbocycles. The van der Waals surface area contributed by atoms with Gasteiger partial charge in [0, 0.05) is 30.9 Å². The molecule has 4 aliphatic rings. The molecule has 2 aliphatic carbocycles. The maximum absolute atomic E-state index is 11.7. The lowest BCUT2D eigenvalue weighted by atomic mass is 9.59. The van der Waals surface area contributed by atoms with Crippen LogP contribution in [0.15, 0.2) is 48.5 Å². The van der Waals surface area contributed by atoms with Crippen molar-refractivity contribution in [2.75, 3.05) is 31.6 Å². The van der Waals surface area contributed by atoms with E-state index in [1.54, 1.807) is 11.1 Å². The van der Waals surface area contributed by atoms with Crippen LogP contribution in [0.5, 0.6) is 0 Å². The Morgan fingerprint density at radius 3 is 2.27 bits per heavy atom. The van der Waals surface area contributed by atoms with E-state index in [-0.39, 0.29) is 5.97 Å². The van der Waals surface area contributed by atoms with Gasteiger partial charge in [0.1, 0.15) is 0 Å². The third kappa shape index (κ3) is 3.97. The van der Waals surface area contributed by atoms with Crippen molar-refractivity contribution in [3.05, 3.63) is 65.2 Å². The number of anilines is 1. The first-order valence-corrected chi connectivity index (χ1v) is 12.9. The summed E-state index contributed by atoms with van der Waals surface area (Å²) in [5.74, 6) is 0.571. The van der Waals surface area contributed by atoms with E-state index < -0.39 is 0 Å². The summed E-state index contributed by atoms with van der Waals surface area (Å²) < 4.78 is 4.82. The van der Waals surface area contributed by atoms with E-state index in [1.807, 2.05) is 12.1 Å². The van der Waals surface area contributed by atoms with Gasteiger partial charge in [-0.3, -0.25) is 4.90 Å². The summed E-state index contributed by atoms with van der Waals surface area (Å²) in [6, 6.07) is 18.7. The summed E-state index contributed by atoms with van der Waals surface area (Å²) in [5.41, 5.74) is 5.69. The number of carbonyl (C=O) groups excluding carboxylic acids is 1. The lowest BCUT2D eigenvalue weighted by Gasteiger charge is -2.56. The Bertz CT molecular complexity index is 997. The summed E-state index contributed by atoms with van der Waals surface area (Å²) in [4.78, 5) is 17.1. The molecule has 0 aromatic heterocycles. The highest BCUT2D eigenvalue weighted by Crippen LogP contribution is 2.54. The predicted molar refractivity (Wildman–Crippen MR) is 132 cm³/mol. The van der Waals surface area contributed by atoms with Crippen LogP contribution in [-0.2, 0) is 4.74 Å². The number of methoxy groups -OCH3 is 1. The fourth-order valence-corrected chi connectivity index (χ4v) is 6.89. The third-order valence-electron chi connectivity index (χ3n) is 8.95. The second-order valence-electron chi connectivity index (χ2n) is 10.9. The van der Waals surface area contributed by atoms with Crippen LogP contribution in [0, 0.1) is 5.41 Å². The molecule has 1 spiro atoms. The molecule has 2 aromatic rings. The fourth-order valence-electron chi connectivity index (χ4n) is 6.89. The van der Waals surface area contributed by atoms with Crippen LogP contribution in [0.4, 0.5) is 5.69 Å². The lowest BCUT2D eigenvalue weighted by Crippen LogP contribution is -2.54. The summed E-state index contributed by atoms with van der Waals surface area (Å²) in [6.45, 7) is 3.53. The monoisotopic (exact) mass is 444 g/mol. The lowest BCUT2D eigenvalue weighted by molar-refractivity contribution is -0.0227. The summed E-state index contributed by atoms with van der Waals surface area (Å²) >= 11 is 0. The first kappa shape index (κ1) is 21.2. The van der Waals surface area contributed by atoms with E-state index in [0.717, 1.165) is 25.0 Å². The number of hydrogen-bond acceptors (Lipinski definition) is 4. The molecule has 4 heteroatoms. The van der Waals surface area contributed by atoms with Crippen molar-refractivity contribution in [2.24, 2.45) is 5.41 Å². The van der Waals surface area contributed by atoms with Gasteiger partial charge in [0.05, 0.1) is 12.7 Å². The molecule has 1 unspecified atom stereocenters. The number of rotatable bonds is 5. The average molecular weight is 445 g/mol. The van der Waals surface area contributed by atoms with Crippen molar-refractivity contribution >= 4 is 11.7 Å². The Labute approximate surface area is 197 Å². The molecule has 2 saturated carbocycles. The average Bonchev–Trinajstić information content (AvgIpc) is 3.59. The van der Waals surface area contributed by atoms with E-state index in [1.165, 1.54) is 70.7 Å². The molecule has 33 heavy (non-hydrogen) atoms. The van der Waals surface area contributed by atoms with E-state index in [2.05, 4.69) is 46.2 Å². The molecule has 0 radical (unpaired) electrons.